The van der Waals surface area contributed by atoms with Crippen LogP contribution in [0.2, 0.25) is 10.0 Å². The molecule has 2 rings (SSSR count). The summed E-state index contributed by atoms with van der Waals surface area (Å²) >= 11 is 12.2. The molecule has 0 aromatic heterocycles. The molecule has 0 atom stereocenters. The second-order valence-electron chi connectivity index (χ2n) is 4.02. The van der Waals surface area contributed by atoms with Crippen LogP contribution in [-0.4, -0.2) is 43.5 Å². The number of halogens is 2. The Hall–Kier alpha value is -0.970. The molecule has 0 unspecified atom stereocenters. The zero-order valence-corrected chi connectivity index (χ0v) is 11.5. The first kappa shape index (κ1) is 13.5. The second kappa shape index (κ2) is 6.27. The smallest absolute Gasteiger partial charge is 0.119 e. The van der Waals surface area contributed by atoms with Crippen LogP contribution in [0.3, 0.4) is 0 Å². The molecule has 0 radical (unpaired) electrons. The van der Waals surface area contributed by atoms with Gasteiger partial charge in [-0.3, -0.25) is 4.99 Å². The maximum atomic E-state index is 6.09. The molecule has 18 heavy (non-hydrogen) atoms. The molecule has 3 N–H and O–H groups in total. The number of anilines is 1. The molecule has 0 bridgehead atoms. The van der Waals surface area contributed by atoms with Crippen LogP contribution in [0.15, 0.2) is 23.2 Å². The highest BCUT2D eigenvalue weighted by molar-refractivity contribution is 6.39. The van der Waals surface area contributed by atoms with Crippen LogP contribution in [0, 0.1) is 0 Å². The molecule has 1 heterocycles. The van der Waals surface area contributed by atoms with Crippen molar-refractivity contribution in [3.63, 3.8) is 0 Å². The predicted molar refractivity (Wildman–Crippen MR) is 77.9 cm³/mol. The maximum absolute atomic E-state index is 6.09. The molecular weight excluding hydrogens is 271 g/mol. The van der Waals surface area contributed by atoms with Gasteiger partial charge in [-0.25, -0.2) is 0 Å². The molecule has 0 saturated carbocycles. The minimum absolute atomic E-state index is 0.615. The first-order chi connectivity index (χ1) is 8.72. The lowest BCUT2D eigenvalue weighted by atomic mass is 10.3. The van der Waals surface area contributed by atoms with Crippen LogP contribution >= 0.6 is 23.2 Å². The standard InChI is InChI=1S/C12H16Cl2N4/c13-9-2-1-3-10(14)12(9)17-8-11-16-5-7-18(11)6-4-15/h1-3,17H,4-8,15H2. The van der Waals surface area contributed by atoms with Crippen molar-refractivity contribution in [2.24, 2.45) is 10.7 Å². The second-order valence-corrected chi connectivity index (χ2v) is 4.84. The maximum Gasteiger partial charge on any atom is 0.119 e. The van der Waals surface area contributed by atoms with E-state index in [1.807, 2.05) is 18.2 Å². The number of nitrogens with one attached hydrogen (secondary N) is 1. The highest BCUT2D eigenvalue weighted by Crippen LogP contribution is 2.29. The molecule has 4 nitrogen and oxygen atoms in total. The van der Waals surface area contributed by atoms with E-state index in [4.69, 9.17) is 28.9 Å². The summed E-state index contributed by atoms with van der Waals surface area (Å²) in [6, 6.07) is 5.44. The number of hydrogen-bond donors (Lipinski definition) is 2. The van der Waals surface area contributed by atoms with Crippen molar-refractivity contribution >= 4 is 34.7 Å². The summed E-state index contributed by atoms with van der Waals surface area (Å²) in [5.74, 6) is 1.01. The fourth-order valence-electron chi connectivity index (χ4n) is 1.93. The van der Waals surface area contributed by atoms with Crippen molar-refractivity contribution in [3.05, 3.63) is 28.2 Å². The third-order valence-electron chi connectivity index (χ3n) is 2.81. The first-order valence-electron chi connectivity index (χ1n) is 5.88. The van der Waals surface area contributed by atoms with Gasteiger partial charge in [0.1, 0.15) is 5.84 Å². The molecule has 0 amide bonds. The average molecular weight is 287 g/mol. The van der Waals surface area contributed by atoms with Gasteiger partial charge in [-0.15, -0.1) is 0 Å². The van der Waals surface area contributed by atoms with Crippen molar-refractivity contribution in [1.82, 2.24) is 4.90 Å². The first-order valence-corrected chi connectivity index (χ1v) is 6.64. The Morgan fingerprint density at radius 1 is 1.33 bits per heavy atom. The lowest BCUT2D eigenvalue weighted by Gasteiger charge is -2.20. The highest BCUT2D eigenvalue weighted by Gasteiger charge is 2.16. The van der Waals surface area contributed by atoms with Crippen LogP contribution in [-0.2, 0) is 0 Å². The van der Waals surface area contributed by atoms with Gasteiger partial charge in [0.25, 0.3) is 0 Å². The Kier molecular flexibility index (Phi) is 4.69. The van der Waals surface area contributed by atoms with Crippen LogP contribution in [0.4, 0.5) is 5.69 Å². The van der Waals surface area contributed by atoms with Gasteiger partial charge in [-0.05, 0) is 12.1 Å². The number of amidine groups is 1. The van der Waals surface area contributed by atoms with Gasteiger partial charge >= 0.3 is 0 Å². The van der Waals surface area contributed by atoms with E-state index in [0.29, 0.717) is 23.1 Å². The Bertz CT molecular complexity index is 427. The van der Waals surface area contributed by atoms with Crippen LogP contribution in [0.25, 0.3) is 0 Å². The number of benzene rings is 1. The van der Waals surface area contributed by atoms with Gasteiger partial charge in [0.05, 0.1) is 28.8 Å². The molecule has 1 aromatic rings. The van der Waals surface area contributed by atoms with E-state index < -0.39 is 0 Å². The Morgan fingerprint density at radius 2 is 2.06 bits per heavy atom. The fourth-order valence-corrected chi connectivity index (χ4v) is 2.46. The molecule has 98 valence electrons. The van der Waals surface area contributed by atoms with Gasteiger partial charge in [-0.1, -0.05) is 29.3 Å². The molecule has 6 heteroatoms. The van der Waals surface area contributed by atoms with E-state index in [1.165, 1.54) is 0 Å². The van der Waals surface area contributed by atoms with E-state index in [2.05, 4.69) is 15.2 Å². The highest BCUT2D eigenvalue weighted by atomic mass is 35.5. The van der Waals surface area contributed by atoms with E-state index in [0.717, 1.165) is 31.2 Å². The lowest BCUT2D eigenvalue weighted by molar-refractivity contribution is 0.464. The lowest BCUT2D eigenvalue weighted by Crippen LogP contribution is -2.36. The van der Waals surface area contributed by atoms with Gasteiger partial charge in [0.15, 0.2) is 0 Å². The monoisotopic (exact) mass is 286 g/mol. The minimum Gasteiger partial charge on any atom is -0.375 e. The summed E-state index contributed by atoms with van der Waals surface area (Å²) in [7, 11) is 0. The largest absolute Gasteiger partial charge is 0.375 e. The van der Waals surface area contributed by atoms with Crippen LogP contribution < -0.4 is 11.1 Å². The topological polar surface area (TPSA) is 53.6 Å². The summed E-state index contributed by atoms with van der Waals surface area (Å²) in [5.41, 5.74) is 6.32. The zero-order valence-electron chi connectivity index (χ0n) is 10.00. The summed E-state index contributed by atoms with van der Waals surface area (Å²) < 4.78 is 0. The molecule has 1 aliphatic heterocycles. The number of nitrogens with zero attached hydrogens (tertiary/aromatic N) is 2. The SMILES string of the molecule is NCCN1CCN=C1CNc1c(Cl)cccc1Cl. The summed E-state index contributed by atoms with van der Waals surface area (Å²) in [6.07, 6.45) is 0. The fraction of sp³-hybridized carbons (Fsp3) is 0.417. The molecular formula is C12H16Cl2N4. The summed E-state index contributed by atoms with van der Waals surface area (Å²) in [6.45, 7) is 3.84. The Morgan fingerprint density at radius 3 is 2.72 bits per heavy atom. The minimum atomic E-state index is 0.615. The molecule has 0 spiro atoms. The summed E-state index contributed by atoms with van der Waals surface area (Å²) in [5, 5.41) is 4.47. The van der Waals surface area contributed by atoms with E-state index in [9.17, 15) is 0 Å². The van der Waals surface area contributed by atoms with Crippen LogP contribution in [0.5, 0.6) is 0 Å². The zero-order chi connectivity index (χ0) is 13.0. The normalized spacial score (nSPS) is 14.8. The predicted octanol–water partition coefficient (Wildman–Crippen LogP) is 2.08. The summed E-state index contributed by atoms with van der Waals surface area (Å²) in [4.78, 5) is 6.63. The number of aliphatic imine (C=N–C) groups is 1. The van der Waals surface area contributed by atoms with E-state index in [1.54, 1.807) is 0 Å². The molecule has 1 aromatic carbocycles. The average Bonchev–Trinajstić information content (AvgIpc) is 2.77. The third kappa shape index (κ3) is 3.07. The van der Waals surface area contributed by atoms with E-state index >= 15 is 0 Å². The van der Waals surface area contributed by atoms with Crippen molar-refractivity contribution < 1.29 is 0 Å². The van der Waals surface area contributed by atoms with Gasteiger partial charge in [0.2, 0.25) is 0 Å². The van der Waals surface area contributed by atoms with Gasteiger partial charge in [-0.2, -0.15) is 0 Å². The van der Waals surface area contributed by atoms with Crippen LogP contribution in [0.1, 0.15) is 0 Å². The molecule has 0 fully saturated rings. The van der Waals surface area contributed by atoms with Crippen molar-refractivity contribution in [3.8, 4) is 0 Å². The Labute approximate surface area is 117 Å². The molecule has 0 aliphatic carbocycles. The number of nitrogens with two attached hydrogens (primary N) is 1. The van der Waals surface area contributed by atoms with Gasteiger partial charge in [0, 0.05) is 19.6 Å². The van der Waals surface area contributed by atoms with E-state index in [-0.39, 0.29) is 0 Å². The quantitative estimate of drug-likeness (QED) is 0.871. The number of rotatable bonds is 5. The Balaban J connectivity index is 1.99. The van der Waals surface area contributed by atoms with Gasteiger partial charge < -0.3 is 16.0 Å². The van der Waals surface area contributed by atoms with Crippen molar-refractivity contribution in [2.75, 3.05) is 38.0 Å². The van der Waals surface area contributed by atoms with Crippen molar-refractivity contribution in [1.29, 1.82) is 0 Å². The van der Waals surface area contributed by atoms with Crippen molar-refractivity contribution in [2.45, 2.75) is 0 Å². The number of hydrogen-bond acceptors (Lipinski definition) is 4. The third-order valence-corrected chi connectivity index (χ3v) is 3.44. The molecule has 0 saturated heterocycles. The molecule has 1 aliphatic rings. The number of para-hydroxylation sites is 1.